The van der Waals surface area contributed by atoms with Crippen molar-refractivity contribution in [3.05, 3.63) is 91.1 Å². The number of likely N-dealkylation sites (N-methyl/N-ethyl adjacent to an activating group) is 2. The largest absolute Gasteiger partial charge is 0.462 e. The molecule has 2 spiro atoms. The zero-order valence-corrected chi connectivity index (χ0v) is 47.2. The zero-order chi connectivity index (χ0) is 53.7. The standard InChI is InChI=1S/C60H74N12O4S2/c1-5-53(73)71-25-23-69(34-41(71)13-20-61)55-46-10-17-59(19-12-51-39(29-59)15-27-77-51)30-49(46)63-58(66-55)76-37-44-28-40(33-68(44)4)48-38-78-52-32-60(16-9-45(48)52)18-11-47-50(31-60)64-57(75-36-43-8-7-22-67(43)3)65-56(47)70-24-26-72(54(74)6-2)42(35-70)14-21-62/h5-6,15,27,38,40-44H,1-2,7-14,16-19,22-26,28-37H2,3-4H3/t40?,41?,42?,43?,44?,59-,60?/m0/s1. The molecule has 12 rings (SSSR count). The predicted molar refractivity (Wildman–Crippen MR) is 302 cm³/mol. The van der Waals surface area contributed by atoms with Crippen LogP contribution in [0.3, 0.4) is 0 Å². The molecule has 4 aromatic heterocycles. The van der Waals surface area contributed by atoms with Gasteiger partial charge in [0.05, 0.1) is 48.5 Å². The molecule has 0 aromatic carbocycles. The van der Waals surface area contributed by atoms with Gasteiger partial charge in [0.2, 0.25) is 11.8 Å². The summed E-state index contributed by atoms with van der Waals surface area (Å²) < 4.78 is 13.3. The van der Waals surface area contributed by atoms with Crippen LogP contribution in [0.2, 0.25) is 0 Å². The number of piperazine rings is 2. The van der Waals surface area contributed by atoms with E-state index in [4.69, 9.17) is 29.4 Å². The van der Waals surface area contributed by atoms with E-state index in [2.05, 4.69) is 75.8 Å². The Hall–Kier alpha value is -5.92. The molecule has 0 bridgehead atoms. The minimum Gasteiger partial charge on any atom is -0.462 e. The molecular weight excluding hydrogens is 1020 g/mol. The fourth-order valence-corrected chi connectivity index (χ4v) is 17.3. The third-order valence-corrected chi connectivity index (χ3v) is 21.5. The molecule has 0 radical (unpaired) electrons. The molecule has 4 fully saturated rings. The van der Waals surface area contributed by atoms with E-state index < -0.39 is 0 Å². The second-order valence-electron chi connectivity index (χ2n) is 24.0. The summed E-state index contributed by atoms with van der Waals surface area (Å²) in [6, 6.07) is 7.88. The Labute approximate surface area is 467 Å². The van der Waals surface area contributed by atoms with Gasteiger partial charge < -0.3 is 34.0 Å². The van der Waals surface area contributed by atoms with Crippen LogP contribution < -0.4 is 19.3 Å². The molecule has 0 N–H and O–H groups in total. The van der Waals surface area contributed by atoms with Crippen LogP contribution in [-0.4, -0.2) is 155 Å². The number of fused-ring (bicyclic) bond motifs is 4. The molecule has 410 valence electrons. The van der Waals surface area contributed by atoms with Crippen molar-refractivity contribution >= 4 is 46.1 Å². The van der Waals surface area contributed by atoms with Gasteiger partial charge in [0, 0.05) is 78.8 Å². The Kier molecular flexibility index (Phi) is 14.9. The highest BCUT2D eigenvalue weighted by Gasteiger charge is 2.45. The summed E-state index contributed by atoms with van der Waals surface area (Å²) in [5.41, 5.74) is 9.40. The lowest BCUT2D eigenvalue weighted by molar-refractivity contribution is -0.129. The van der Waals surface area contributed by atoms with E-state index in [-0.39, 0.29) is 53.6 Å². The summed E-state index contributed by atoms with van der Waals surface area (Å²) >= 11 is 3.84. The first-order valence-electron chi connectivity index (χ1n) is 28.7. The average molecular weight is 1090 g/mol. The summed E-state index contributed by atoms with van der Waals surface area (Å²) in [6.45, 7) is 13.9. The van der Waals surface area contributed by atoms with Gasteiger partial charge in [0.15, 0.2) is 0 Å². The van der Waals surface area contributed by atoms with Gasteiger partial charge in [-0.25, -0.2) is 0 Å². The topological polar surface area (TPSA) is 171 Å². The molecule has 78 heavy (non-hydrogen) atoms. The number of carbonyl (C=O) groups excluding carboxylic acids is 2. The molecule has 0 saturated carbocycles. The van der Waals surface area contributed by atoms with Gasteiger partial charge in [-0.3, -0.25) is 14.5 Å². The summed E-state index contributed by atoms with van der Waals surface area (Å²) in [5, 5.41) is 24.3. The van der Waals surface area contributed by atoms with Gasteiger partial charge in [-0.2, -0.15) is 30.5 Å². The third kappa shape index (κ3) is 10.2. The lowest BCUT2D eigenvalue weighted by atomic mass is 9.64. The number of ether oxygens (including phenoxy) is 2. The first-order chi connectivity index (χ1) is 37.9. The molecule has 18 heteroatoms. The van der Waals surface area contributed by atoms with Gasteiger partial charge >= 0.3 is 12.0 Å². The summed E-state index contributed by atoms with van der Waals surface area (Å²) in [4.78, 5) is 62.7. The lowest BCUT2D eigenvalue weighted by Crippen LogP contribution is -2.55. The molecule has 4 saturated heterocycles. The summed E-state index contributed by atoms with van der Waals surface area (Å²) in [7, 11) is 4.40. The molecule has 6 unspecified atom stereocenters. The molecular formula is C60H74N12O4S2. The van der Waals surface area contributed by atoms with Crippen LogP contribution in [0.5, 0.6) is 12.0 Å². The van der Waals surface area contributed by atoms with Gasteiger partial charge in [0.25, 0.3) is 0 Å². The third-order valence-electron chi connectivity index (χ3n) is 19.5. The number of hydrogen-bond donors (Lipinski definition) is 0. The quantitative estimate of drug-likeness (QED) is 0.122. The van der Waals surface area contributed by atoms with Crippen molar-refractivity contribution in [3.8, 4) is 24.2 Å². The number of aryl methyl sites for hydroxylation is 1. The smallest absolute Gasteiger partial charge is 0.318 e. The average Bonchev–Trinajstić information content (AvgIpc) is 4.38. The van der Waals surface area contributed by atoms with Crippen molar-refractivity contribution in [1.82, 2.24) is 39.5 Å². The van der Waals surface area contributed by atoms with E-state index in [1.165, 1.54) is 44.2 Å². The summed E-state index contributed by atoms with van der Waals surface area (Å²) in [5.74, 6) is 1.95. The molecule has 2 amide bonds. The van der Waals surface area contributed by atoms with Crippen LogP contribution in [0.1, 0.15) is 113 Å². The number of nitrogens with zero attached hydrogens (tertiary/aromatic N) is 12. The number of likely N-dealkylation sites (tertiary alicyclic amines) is 2. The second kappa shape index (κ2) is 22.0. The molecule has 16 nitrogen and oxygen atoms in total. The van der Waals surface area contributed by atoms with E-state index in [0.29, 0.717) is 76.5 Å². The van der Waals surface area contributed by atoms with Crippen LogP contribution in [-0.2, 0) is 61.0 Å². The minimum absolute atomic E-state index is 0.0996. The van der Waals surface area contributed by atoms with Gasteiger partial charge in [-0.15, -0.1) is 22.7 Å². The Bertz CT molecular complexity index is 3050. The molecule has 4 aliphatic carbocycles. The van der Waals surface area contributed by atoms with Crippen molar-refractivity contribution in [2.75, 3.05) is 89.5 Å². The van der Waals surface area contributed by atoms with Gasteiger partial charge in [0.1, 0.15) is 24.8 Å². The maximum atomic E-state index is 12.9. The number of aromatic nitrogens is 4. The highest BCUT2D eigenvalue weighted by molar-refractivity contribution is 7.10. The monoisotopic (exact) mass is 1090 g/mol. The first kappa shape index (κ1) is 52.8. The molecule has 4 aromatic rings. The van der Waals surface area contributed by atoms with Crippen molar-refractivity contribution in [2.24, 2.45) is 10.8 Å². The van der Waals surface area contributed by atoms with Crippen molar-refractivity contribution < 1.29 is 19.1 Å². The second-order valence-corrected chi connectivity index (χ2v) is 26.0. The van der Waals surface area contributed by atoms with Crippen molar-refractivity contribution in [2.45, 2.75) is 139 Å². The fraction of sp³-hybridized carbons (Fsp3) is 0.600. The van der Waals surface area contributed by atoms with Crippen molar-refractivity contribution in [3.63, 3.8) is 0 Å². The highest BCUT2D eigenvalue weighted by atomic mass is 32.1. The number of thiophene rings is 2. The minimum atomic E-state index is -0.253. The predicted octanol–water partition coefficient (Wildman–Crippen LogP) is 7.29. The van der Waals surface area contributed by atoms with Gasteiger partial charge in [-0.05, 0) is 179 Å². The van der Waals surface area contributed by atoms with Gasteiger partial charge in [-0.1, -0.05) is 13.2 Å². The Morgan fingerprint density at radius 3 is 1.83 bits per heavy atom. The normalized spacial score (nSPS) is 27.9. The number of amides is 2. The fourth-order valence-electron chi connectivity index (χ4n) is 15.0. The van der Waals surface area contributed by atoms with Crippen LogP contribution in [0.15, 0.2) is 42.1 Å². The highest BCUT2D eigenvalue weighted by Crippen LogP contribution is 2.51. The van der Waals surface area contributed by atoms with E-state index >= 15 is 0 Å². The van der Waals surface area contributed by atoms with E-state index in [1.807, 2.05) is 22.7 Å². The number of rotatable bonds is 13. The molecule has 4 aliphatic heterocycles. The van der Waals surface area contributed by atoms with E-state index in [1.54, 1.807) is 15.4 Å². The SMILES string of the molecule is C=CC(=O)N1CCN(c2nc(OCC3CCCN3C)nc3c2CCC2(CCc4c(C5CC(COc6nc7c(c(N8CCN(C(=O)C=C)C(CC#N)C8)n6)CC[C@@]6(CCc8sccc8C6)C7)N(C)C5)csc4C2)C3)CC1CC#N. The first-order valence-corrected chi connectivity index (χ1v) is 30.4. The van der Waals surface area contributed by atoms with Crippen LogP contribution in [0, 0.1) is 33.5 Å². The Morgan fingerprint density at radius 1 is 0.679 bits per heavy atom. The van der Waals surface area contributed by atoms with Crippen LogP contribution in [0.25, 0.3) is 0 Å². The van der Waals surface area contributed by atoms with Crippen LogP contribution >= 0.6 is 22.7 Å². The lowest BCUT2D eigenvalue weighted by Gasteiger charge is -2.44. The number of anilines is 2. The number of carbonyl (C=O) groups is 2. The molecule has 7 atom stereocenters. The Balaban J connectivity index is 0.749. The zero-order valence-electron chi connectivity index (χ0n) is 45.6. The van der Waals surface area contributed by atoms with Crippen molar-refractivity contribution in [1.29, 1.82) is 10.5 Å². The Morgan fingerprint density at radius 2 is 1.26 bits per heavy atom. The van der Waals surface area contributed by atoms with E-state index in [0.717, 1.165) is 132 Å². The van der Waals surface area contributed by atoms with Crippen LogP contribution in [0.4, 0.5) is 11.6 Å². The maximum Gasteiger partial charge on any atom is 0.318 e. The summed E-state index contributed by atoms with van der Waals surface area (Å²) in [6.07, 6.45) is 18.8. The molecule has 8 heterocycles. The number of nitriles is 2. The van der Waals surface area contributed by atoms with E-state index in [9.17, 15) is 20.1 Å². The molecule has 8 aliphatic rings. The number of hydrogen-bond acceptors (Lipinski definition) is 16. The maximum absolute atomic E-state index is 12.9.